The zero-order valence-corrected chi connectivity index (χ0v) is 14.5. The number of nitrogens with two attached hydrogens (primary N) is 1. The van der Waals surface area contributed by atoms with Gasteiger partial charge in [0.2, 0.25) is 5.88 Å². The van der Waals surface area contributed by atoms with Crippen LogP contribution < -0.4 is 10.5 Å². The van der Waals surface area contributed by atoms with Crippen molar-refractivity contribution in [3.05, 3.63) is 70.6 Å². The van der Waals surface area contributed by atoms with E-state index in [1.54, 1.807) is 29.2 Å². The van der Waals surface area contributed by atoms with Crippen LogP contribution >= 0.6 is 11.3 Å². The molecule has 0 fully saturated rings. The van der Waals surface area contributed by atoms with Crippen molar-refractivity contribution in [3.63, 3.8) is 0 Å². The molecule has 130 valence electrons. The van der Waals surface area contributed by atoms with Crippen LogP contribution in [0.15, 0.2) is 58.1 Å². The van der Waals surface area contributed by atoms with Gasteiger partial charge in [-0.05, 0) is 17.7 Å². The Morgan fingerprint density at radius 2 is 2.08 bits per heavy atom. The molecular weight excluding hydrogens is 350 g/mol. The molecule has 0 saturated carbocycles. The van der Waals surface area contributed by atoms with Crippen LogP contribution in [0.2, 0.25) is 0 Å². The summed E-state index contributed by atoms with van der Waals surface area (Å²) >= 11 is 1.54. The summed E-state index contributed by atoms with van der Waals surface area (Å²) in [5, 5.41) is 6.05. The molecule has 0 aliphatic carbocycles. The zero-order chi connectivity index (χ0) is 17.8. The smallest absolute Gasteiger partial charge is 0.213 e. The van der Waals surface area contributed by atoms with Crippen molar-refractivity contribution < 1.29 is 9.26 Å². The van der Waals surface area contributed by atoms with Gasteiger partial charge in [-0.3, -0.25) is 0 Å². The SMILES string of the molecule is Nc1ncccc1-c1cc(Cc2ccc(OCc3cscn3)nc2)no1. The van der Waals surface area contributed by atoms with E-state index in [1.165, 1.54) is 0 Å². The Labute approximate surface area is 153 Å². The molecule has 0 radical (unpaired) electrons. The van der Waals surface area contributed by atoms with Gasteiger partial charge >= 0.3 is 0 Å². The second kappa shape index (κ2) is 7.32. The van der Waals surface area contributed by atoms with Crippen molar-refractivity contribution in [3.8, 4) is 17.2 Å². The molecule has 4 aromatic heterocycles. The molecule has 8 heteroatoms. The summed E-state index contributed by atoms with van der Waals surface area (Å²) in [5.41, 5.74) is 11.1. The summed E-state index contributed by atoms with van der Waals surface area (Å²) in [6.45, 7) is 0.412. The summed E-state index contributed by atoms with van der Waals surface area (Å²) in [7, 11) is 0. The van der Waals surface area contributed by atoms with E-state index in [2.05, 4.69) is 20.1 Å². The van der Waals surface area contributed by atoms with Crippen molar-refractivity contribution in [2.24, 2.45) is 0 Å². The molecule has 7 nitrogen and oxygen atoms in total. The van der Waals surface area contributed by atoms with Gasteiger partial charge < -0.3 is 15.0 Å². The maximum atomic E-state index is 5.87. The number of nitrogens with zero attached hydrogens (tertiary/aromatic N) is 4. The molecule has 0 bridgehead atoms. The molecule has 0 saturated heterocycles. The summed E-state index contributed by atoms with van der Waals surface area (Å²) in [4.78, 5) is 12.5. The van der Waals surface area contributed by atoms with Crippen LogP contribution in [0, 0.1) is 0 Å². The maximum Gasteiger partial charge on any atom is 0.213 e. The van der Waals surface area contributed by atoms with Crippen molar-refractivity contribution in [1.82, 2.24) is 20.1 Å². The molecule has 0 atom stereocenters. The highest BCUT2D eigenvalue weighted by molar-refractivity contribution is 7.07. The van der Waals surface area contributed by atoms with Gasteiger partial charge in [0.1, 0.15) is 12.4 Å². The molecular formula is C18H15N5O2S. The van der Waals surface area contributed by atoms with Crippen LogP contribution in [0.1, 0.15) is 17.0 Å². The molecule has 4 aromatic rings. The topological polar surface area (TPSA) is 100.0 Å². The number of hydrogen-bond acceptors (Lipinski definition) is 8. The lowest BCUT2D eigenvalue weighted by molar-refractivity contribution is 0.290. The Hall–Kier alpha value is -3.26. The van der Waals surface area contributed by atoms with Crippen molar-refractivity contribution in [2.75, 3.05) is 5.73 Å². The maximum absolute atomic E-state index is 5.87. The van der Waals surface area contributed by atoms with Gasteiger partial charge in [-0.1, -0.05) is 11.2 Å². The van der Waals surface area contributed by atoms with Gasteiger partial charge in [-0.2, -0.15) is 0 Å². The highest BCUT2D eigenvalue weighted by Gasteiger charge is 2.11. The fourth-order valence-electron chi connectivity index (χ4n) is 2.41. The standard InChI is InChI=1S/C18H15N5O2S/c19-18-15(2-1-5-20-18)16-7-13(23-25-16)6-12-3-4-17(21-8-12)24-9-14-10-26-11-22-14/h1-5,7-8,10-11H,6,9H2,(H2,19,20). The molecule has 4 rings (SSSR count). The fraction of sp³-hybridized carbons (Fsp3) is 0.111. The number of aromatic nitrogens is 4. The molecule has 0 aromatic carbocycles. The van der Waals surface area contributed by atoms with Crippen LogP contribution in [-0.4, -0.2) is 20.1 Å². The summed E-state index contributed by atoms with van der Waals surface area (Å²) in [6.07, 6.45) is 4.01. The van der Waals surface area contributed by atoms with E-state index >= 15 is 0 Å². The second-order valence-electron chi connectivity index (χ2n) is 5.57. The number of hydrogen-bond donors (Lipinski definition) is 1. The summed E-state index contributed by atoms with van der Waals surface area (Å²) in [6, 6.07) is 9.31. The first-order chi connectivity index (χ1) is 12.8. The predicted octanol–water partition coefficient (Wildman–Crippen LogP) is 3.34. The lowest BCUT2D eigenvalue weighted by Gasteiger charge is -2.04. The minimum Gasteiger partial charge on any atom is -0.471 e. The third-order valence-electron chi connectivity index (χ3n) is 3.70. The Morgan fingerprint density at radius 1 is 1.12 bits per heavy atom. The monoisotopic (exact) mass is 365 g/mol. The van der Waals surface area contributed by atoms with E-state index in [-0.39, 0.29) is 0 Å². The van der Waals surface area contributed by atoms with Crippen molar-refractivity contribution >= 4 is 17.2 Å². The van der Waals surface area contributed by atoms with E-state index in [4.69, 9.17) is 15.0 Å². The Kier molecular flexibility index (Phi) is 4.57. The Bertz CT molecular complexity index is 983. The number of thiazole rings is 1. The fourth-order valence-corrected chi connectivity index (χ4v) is 2.96. The molecule has 0 amide bonds. The van der Waals surface area contributed by atoms with Gasteiger partial charge in [-0.15, -0.1) is 11.3 Å². The number of anilines is 1. The van der Waals surface area contributed by atoms with Gasteiger partial charge in [0, 0.05) is 36.3 Å². The van der Waals surface area contributed by atoms with Crippen LogP contribution in [0.5, 0.6) is 5.88 Å². The van der Waals surface area contributed by atoms with E-state index in [9.17, 15) is 0 Å². The lowest BCUT2D eigenvalue weighted by atomic mass is 10.1. The normalized spacial score (nSPS) is 10.8. The summed E-state index contributed by atoms with van der Waals surface area (Å²) < 4.78 is 11.0. The highest BCUT2D eigenvalue weighted by Crippen LogP contribution is 2.25. The molecule has 2 N–H and O–H groups in total. The van der Waals surface area contributed by atoms with Crippen molar-refractivity contribution in [2.45, 2.75) is 13.0 Å². The van der Waals surface area contributed by atoms with Gasteiger partial charge in [0.25, 0.3) is 0 Å². The number of ether oxygens (including phenoxy) is 1. The van der Waals surface area contributed by atoms with Crippen LogP contribution in [0.3, 0.4) is 0 Å². The largest absolute Gasteiger partial charge is 0.471 e. The van der Waals surface area contributed by atoms with E-state index in [0.29, 0.717) is 30.5 Å². The molecule has 0 aliphatic rings. The predicted molar refractivity (Wildman–Crippen MR) is 97.6 cm³/mol. The van der Waals surface area contributed by atoms with Gasteiger partial charge in [0.05, 0.1) is 22.5 Å². The number of nitrogen functional groups attached to an aromatic ring is 1. The lowest BCUT2D eigenvalue weighted by Crippen LogP contribution is -1.98. The first-order valence-corrected chi connectivity index (χ1v) is 8.83. The average Bonchev–Trinajstić information content (AvgIpc) is 3.34. The Balaban J connectivity index is 1.41. The van der Waals surface area contributed by atoms with Crippen LogP contribution in [0.4, 0.5) is 5.82 Å². The van der Waals surface area contributed by atoms with E-state index in [1.807, 2.05) is 35.7 Å². The summed E-state index contributed by atoms with van der Waals surface area (Å²) in [5.74, 6) is 1.57. The minimum atomic E-state index is 0.412. The van der Waals surface area contributed by atoms with E-state index < -0.39 is 0 Å². The molecule has 26 heavy (non-hydrogen) atoms. The van der Waals surface area contributed by atoms with Crippen molar-refractivity contribution in [1.29, 1.82) is 0 Å². The van der Waals surface area contributed by atoms with Crippen LogP contribution in [-0.2, 0) is 13.0 Å². The second-order valence-corrected chi connectivity index (χ2v) is 6.29. The molecule has 0 aliphatic heterocycles. The average molecular weight is 365 g/mol. The number of rotatable bonds is 6. The Morgan fingerprint density at radius 3 is 2.85 bits per heavy atom. The van der Waals surface area contributed by atoms with Gasteiger partial charge in [-0.25, -0.2) is 15.0 Å². The quantitative estimate of drug-likeness (QED) is 0.559. The highest BCUT2D eigenvalue weighted by atomic mass is 32.1. The molecule has 0 unspecified atom stereocenters. The third kappa shape index (κ3) is 3.70. The first kappa shape index (κ1) is 16.2. The van der Waals surface area contributed by atoms with Gasteiger partial charge in [0.15, 0.2) is 5.76 Å². The van der Waals surface area contributed by atoms with Crippen LogP contribution in [0.25, 0.3) is 11.3 Å². The zero-order valence-electron chi connectivity index (χ0n) is 13.7. The minimum absolute atomic E-state index is 0.412. The third-order valence-corrected chi connectivity index (χ3v) is 4.33. The number of pyridine rings is 2. The van der Waals surface area contributed by atoms with E-state index in [0.717, 1.165) is 22.5 Å². The molecule has 4 heterocycles. The molecule has 0 spiro atoms. The first-order valence-electron chi connectivity index (χ1n) is 7.89.